The van der Waals surface area contributed by atoms with Crippen LogP contribution in [0.4, 0.5) is 5.88 Å². The number of ketones is 1. The number of anilines is 1. The van der Waals surface area contributed by atoms with E-state index in [1.807, 2.05) is 25.1 Å². The maximum Gasteiger partial charge on any atom is 0.233 e. The summed E-state index contributed by atoms with van der Waals surface area (Å²) in [7, 11) is 6.13. The van der Waals surface area contributed by atoms with E-state index in [1.165, 1.54) is 14.2 Å². The van der Waals surface area contributed by atoms with Crippen molar-refractivity contribution in [2.75, 3.05) is 33.8 Å². The highest BCUT2D eigenvalue weighted by Crippen LogP contribution is 2.51. The van der Waals surface area contributed by atoms with Gasteiger partial charge in [0.1, 0.15) is 0 Å². The highest BCUT2D eigenvalue weighted by Gasteiger charge is 2.41. The molecule has 2 aliphatic rings. The number of ether oxygens (including phenoxy) is 4. The van der Waals surface area contributed by atoms with Gasteiger partial charge in [-0.2, -0.15) is 0 Å². The molecule has 0 bridgehead atoms. The molecule has 2 unspecified atom stereocenters. The number of hydrogen-bond donors (Lipinski definition) is 2. The van der Waals surface area contributed by atoms with Crippen LogP contribution in [0.1, 0.15) is 47.1 Å². The van der Waals surface area contributed by atoms with Crippen molar-refractivity contribution >= 4 is 11.7 Å². The van der Waals surface area contributed by atoms with E-state index >= 15 is 0 Å². The SMILES string of the molecule is COc1ccc(C2CC(=O)C3=C(C2)Nc2onc(C)c2C3c2cc(OC)c(O)c(OC)c2)cc1OC. The van der Waals surface area contributed by atoms with Gasteiger partial charge in [0, 0.05) is 23.6 Å². The van der Waals surface area contributed by atoms with E-state index < -0.39 is 5.92 Å². The number of aromatic hydroxyl groups is 1. The number of phenols is 1. The van der Waals surface area contributed by atoms with Gasteiger partial charge in [0.15, 0.2) is 28.8 Å². The third-order valence-electron chi connectivity index (χ3n) is 6.97. The lowest BCUT2D eigenvalue weighted by molar-refractivity contribution is -0.116. The van der Waals surface area contributed by atoms with E-state index in [9.17, 15) is 9.90 Å². The Kier molecular flexibility index (Phi) is 5.99. The van der Waals surface area contributed by atoms with Crippen LogP contribution in [0.15, 0.2) is 46.1 Å². The van der Waals surface area contributed by atoms with Crippen LogP contribution in [0, 0.1) is 6.92 Å². The Morgan fingerprint density at radius 3 is 2.19 bits per heavy atom. The normalized spacial score (nSPS) is 18.8. The number of carbonyl (C=O) groups excluding carboxylic acids is 1. The number of methoxy groups -OCH3 is 4. The van der Waals surface area contributed by atoms with Gasteiger partial charge in [0.2, 0.25) is 11.6 Å². The summed E-state index contributed by atoms with van der Waals surface area (Å²) < 4.78 is 27.2. The molecule has 1 aliphatic carbocycles. The average Bonchev–Trinajstić information content (AvgIpc) is 3.27. The van der Waals surface area contributed by atoms with Gasteiger partial charge < -0.3 is 33.9 Å². The van der Waals surface area contributed by atoms with Gasteiger partial charge in [-0.1, -0.05) is 11.2 Å². The molecule has 9 nitrogen and oxygen atoms in total. The maximum absolute atomic E-state index is 13.8. The molecule has 188 valence electrons. The van der Waals surface area contributed by atoms with Crippen molar-refractivity contribution in [2.45, 2.75) is 31.6 Å². The molecule has 9 heteroatoms. The van der Waals surface area contributed by atoms with Gasteiger partial charge >= 0.3 is 0 Å². The largest absolute Gasteiger partial charge is 0.502 e. The summed E-state index contributed by atoms with van der Waals surface area (Å²) >= 11 is 0. The summed E-state index contributed by atoms with van der Waals surface area (Å²) in [6.45, 7) is 1.84. The summed E-state index contributed by atoms with van der Waals surface area (Å²) in [6.07, 6.45) is 0.928. The summed E-state index contributed by atoms with van der Waals surface area (Å²) in [5.74, 6) is 1.68. The number of fused-ring (bicyclic) bond motifs is 1. The molecule has 3 aromatic rings. The molecule has 2 aromatic carbocycles. The van der Waals surface area contributed by atoms with Gasteiger partial charge in [-0.3, -0.25) is 4.79 Å². The molecule has 2 heterocycles. The third kappa shape index (κ3) is 3.71. The predicted molar refractivity (Wildman–Crippen MR) is 131 cm³/mol. The first-order valence-corrected chi connectivity index (χ1v) is 11.6. The molecule has 5 rings (SSSR count). The van der Waals surface area contributed by atoms with E-state index in [-0.39, 0.29) is 28.9 Å². The van der Waals surface area contributed by atoms with Crippen LogP contribution in [0.2, 0.25) is 0 Å². The number of aromatic nitrogens is 1. The number of aryl methyl sites for hydroxylation is 1. The minimum Gasteiger partial charge on any atom is -0.502 e. The average molecular weight is 493 g/mol. The van der Waals surface area contributed by atoms with Crippen molar-refractivity contribution < 1.29 is 33.4 Å². The zero-order chi connectivity index (χ0) is 25.6. The number of allylic oxidation sites excluding steroid dienone is 2. The minimum atomic E-state index is -0.454. The summed E-state index contributed by atoms with van der Waals surface area (Å²) in [4.78, 5) is 13.8. The van der Waals surface area contributed by atoms with Crippen LogP contribution in [0.5, 0.6) is 28.7 Å². The molecule has 36 heavy (non-hydrogen) atoms. The third-order valence-corrected chi connectivity index (χ3v) is 6.97. The second kappa shape index (κ2) is 9.14. The molecule has 0 saturated heterocycles. The fraction of sp³-hybridized carbons (Fsp3) is 0.333. The molecule has 2 atom stereocenters. The molecule has 0 spiro atoms. The van der Waals surface area contributed by atoms with Gasteiger partial charge in [-0.15, -0.1) is 0 Å². The molecule has 0 radical (unpaired) electrons. The fourth-order valence-corrected chi connectivity index (χ4v) is 5.23. The zero-order valence-corrected chi connectivity index (χ0v) is 20.8. The second-order valence-corrected chi connectivity index (χ2v) is 8.88. The van der Waals surface area contributed by atoms with Gasteiger partial charge in [0.25, 0.3) is 0 Å². The Bertz CT molecular complexity index is 1350. The van der Waals surface area contributed by atoms with Gasteiger partial charge in [0.05, 0.1) is 39.7 Å². The standard InChI is InChI=1S/C27H28N2O7/c1-13-23-24(16-11-21(34-4)26(31)22(12-16)35-5)25-17(28-27(23)36-29-13)8-15(9-18(25)30)14-6-7-19(32-2)20(10-14)33-3/h6-7,10-12,15,24,28,31H,8-9H2,1-5H3. The second-order valence-electron chi connectivity index (χ2n) is 8.88. The first-order valence-electron chi connectivity index (χ1n) is 11.6. The lowest BCUT2D eigenvalue weighted by atomic mass is 9.72. The van der Waals surface area contributed by atoms with Crippen LogP contribution in [0.3, 0.4) is 0 Å². The first kappa shape index (κ1) is 23.6. The number of nitrogens with one attached hydrogen (secondary N) is 1. The Morgan fingerprint density at radius 2 is 1.56 bits per heavy atom. The van der Waals surface area contributed by atoms with E-state index in [0.717, 1.165) is 22.4 Å². The number of hydrogen-bond acceptors (Lipinski definition) is 9. The summed E-state index contributed by atoms with van der Waals surface area (Å²) in [6, 6.07) is 9.19. The van der Waals surface area contributed by atoms with Crippen molar-refractivity contribution in [3.05, 3.63) is 64.0 Å². The zero-order valence-electron chi connectivity index (χ0n) is 20.8. The van der Waals surface area contributed by atoms with Crippen molar-refractivity contribution in [1.29, 1.82) is 0 Å². The molecule has 1 aromatic heterocycles. The Morgan fingerprint density at radius 1 is 0.917 bits per heavy atom. The number of carbonyl (C=O) groups is 1. The fourth-order valence-electron chi connectivity index (χ4n) is 5.23. The molecule has 1 aliphatic heterocycles. The van der Waals surface area contributed by atoms with E-state index in [1.54, 1.807) is 26.4 Å². The predicted octanol–water partition coefficient (Wildman–Crippen LogP) is 4.68. The lowest BCUT2D eigenvalue weighted by Crippen LogP contribution is -2.29. The Balaban J connectivity index is 1.62. The van der Waals surface area contributed by atoms with E-state index in [4.69, 9.17) is 23.5 Å². The molecule has 0 fully saturated rings. The van der Waals surface area contributed by atoms with Crippen molar-refractivity contribution in [2.24, 2.45) is 0 Å². The number of benzene rings is 2. The number of rotatable bonds is 6. The number of Topliss-reactive ketones (excluding diaryl/α,β-unsaturated/α-hetero) is 1. The van der Waals surface area contributed by atoms with E-state index in [0.29, 0.717) is 41.5 Å². The first-order chi connectivity index (χ1) is 17.4. The van der Waals surface area contributed by atoms with E-state index in [2.05, 4.69) is 10.5 Å². The highest BCUT2D eigenvalue weighted by molar-refractivity contribution is 6.01. The molecular weight excluding hydrogens is 464 g/mol. The van der Waals surface area contributed by atoms with Crippen molar-refractivity contribution in [3.8, 4) is 28.7 Å². The van der Waals surface area contributed by atoms with Gasteiger partial charge in [-0.05, 0) is 54.7 Å². The smallest absolute Gasteiger partial charge is 0.233 e. The van der Waals surface area contributed by atoms with Crippen LogP contribution < -0.4 is 24.3 Å². The molecule has 2 N–H and O–H groups in total. The summed E-state index contributed by atoms with van der Waals surface area (Å²) in [5.41, 5.74) is 4.61. The van der Waals surface area contributed by atoms with Crippen LogP contribution in [-0.4, -0.2) is 44.5 Å². The number of phenolic OH excluding ortho intramolecular Hbond substituents is 1. The minimum absolute atomic E-state index is 0.0193. The van der Waals surface area contributed by atoms with Crippen LogP contribution in [-0.2, 0) is 4.79 Å². The van der Waals surface area contributed by atoms with Crippen molar-refractivity contribution in [3.63, 3.8) is 0 Å². The van der Waals surface area contributed by atoms with Gasteiger partial charge in [-0.25, -0.2) is 0 Å². The monoisotopic (exact) mass is 492 g/mol. The molecule has 0 amide bonds. The Labute approximate surface area is 208 Å². The number of nitrogens with zero attached hydrogens (tertiary/aromatic N) is 1. The molecule has 0 saturated carbocycles. The lowest BCUT2D eigenvalue weighted by Gasteiger charge is -2.34. The van der Waals surface area contributed by atoms with Crippen molar-refractivity contribution in [1.82, 2.24) is 5.16 Å². The maximum atomic E-state index is 13.8. The highest BCUT2D eigenvalue weighted by atomic mass is 16.5. The molecular formula is C27H28N2O7. The topological polar surface area (TPSA) is 112 Å². The Hall–Kier alpha value is -4.14. The van der Waals surface area contributed by atoms with Crippen LogP contribution >= 0.6 is 0 Å². The van der Waals surface area contributed by atoms with Crippen LogP contribution in [0.25, 0.3) is 0 Å². The quantitative estimate of drug-likeness (QED) is 0.506. The summed E-state index contributed by atoms with van der Waals surface area (Å²) in [5, 5.41) is 17.9.